The number of hydrogen-bond acceptors (Lipinski definition) is 5. The first-order chi connectivity index (χ1) is 11.9. The average molecular weight is 331 g/mol. The highest BCUT2D eigenvalue weighted by atomic mass is 16.5. The molecule has 0 spiro atoms. The fraction of sp³-hybridized carbons (Fsp3) is 0.737. The van der Waals surface area contributed by atoms with Gasteiger partial charge in [-0.15, -0.1) is 0 Å². The van der Waals surface area contributed by atoms with E-state index in [0.29, 0.717) is 18.1 Å². The molecule has 0 aliphatic carbocycles. The fourth-order valence-corrected chi connectivity index (χ4v) is 4.41. The van der Waals surface area contributed by atoms with Gasteiger partial charge in [-0.25, -0.2) is 0 Å². The predicted molar refractivity (Wildman–Crippen MR) is 92.8 cm³/mol. The number of rotatable bonds is 3. The van der Waals surface area contributed by atoms with Gasteiger partial charge in [0, 0.05) is 63.7 Å². The quantitative estimate of drug-likeness (QED) is 0.844. The Bertz CT molecular complexity index is 507. The first-order valence-corrected chi connectivity index (χ1v) is 9.43. The Hall–Kier alpha value is -1.01. The number of fused-ring (bicyclic) bond motifs is 1. The smallest absolute Gasteiger partial charge is 0.0743 e. The van der Waals surface area contributed by atoms with Crippen LogP contribution in [0.25, 0.3) is 0 Å². The monoisotopic (exact) mass is 331 g/mol. The fourth-order valence-electron chi connectivity index (χ4n) is 4.41. The summed E-state index contributed by atoms with van der Waals surface area (Å²) in [6.45, 7) is 8.25. The van der Waals surface area contributed by atoms with Crippen LogP contribution >= 0.6 is 0 Å². The first kappa shape index (κ1) is 16.5. The van der Waals surface area contributed by atoms with Crippen molar-refractivity contribution in [3.8, 4) is 0 Å². The molecule has 24 heavy (non-hydrogen) atoms. The molecule has 2 atom stereocenters. The van der Waals surface area contributed by atoms with Gasteiger partial charge in [0.1, 0.15) is 0 Å². The zero-order valence-electron chi connectivity index (χ0n) is 14.5. The third-order valence-electron chi connectivity index (χ3n) is 5.82. The summed E-state index contributed by atoms with van der Waals surface area (Å²) in [7, 11) is 0. The summed E-state index contributed by atoms with van der Waals surface area (Å²) in [6.07, 6.45) is 7.81. The van der Waals surface area contributed by atoms with Crippen molar-refractivity contribution in [1.82, 2.24) is 14.8 Å². The number of nitrogens with zero attached hydrogens (tertiary/aromatic N) is 3. The number of piperidine rings is 1. The van der Waals surface area contributed by atoms with Crippen LogP contribution in [0.4, 0.5) is 0 Å². The first-order valence-electron chi connectivity index (χ1n) is 9.43. The van der Waals surface area contributed by atoms with Crippen LogP contribution in [-0.4, -0.2) is 72.9 Å². The molecule has 0 radical (unpaired) electrons. The molecule has 1 aromatic heterocycles. The maximum atomic E-state index is 6.27. The predicted octanol–water partition coefficient (Wildman–Crippen LogP) is 1.78. The summed E-state index contributed by atoms with van der Waals surface area (Å²) >= 11 is 0. The van der Waals surface area contributed by atoms with Crippen LogP contribution in [-0.2, 0) is 16.0 Å². The van der Waals surface area contributed by atoms with Crippen molar-refractivity contribution in [2.45, 2.75) is 38.0 Å². The maximum Gasteiger partial charge on any atom is 0.0743 e. The summed E-state index contributed by atoms with van der Waals surface area (Å²) in [5.74, 6) is 0.672. The highest BCUT2D eigenvalue weighted by Crippen LogP contribution is 2.28. The van der Waals surface area contributed by atoms with E-state index in [4.69, 9.17) is 9.47 Å². The van der Waals surface area contributed by atoms with Gasteiger partial charge in [0.25, 0.3) is 0 Å². The average Bonchev–Trinajstić information content (AvgIpc) is 2.84. The molecule has 132 valence electrons. The zero-order chi connectivity index (χ0) is 16.2. The molecule has 0 aromatic carbocycles. The van der Waals surface area contributed by atoms with E-state index < -0.39 is 0 Å². The second-order valence-corrected chi connectivity index (χ2v) is 7.39. The Morgan fingerprint density at radius 3 is 2.67 bits per heavy atom. The van der Waals surface area contributed by atoms with Crippen LogP contribution in [0, 0.1) is 5.92 Å². The zero-order valence-corrected chi connectivity index (χ0v) is 14.5. The number of ether oxygens (including phenoxy) is 2. The minimum atomic E-state index is 0.407. The van der Waals surface area contributed by atoms with Gasteiger partial charge in [-0.2, -0.15) is 0 Å². The largest absolute Gasteiger partial charge is 0.381 e. The third kappa shape index (κ3) is 3.97. The van der Waals surface area contributed by atoms with E-state index in [1.54, 1.807) is 0 Å². The second-order valence-electron chi connectivity index (χ2n) is 7.39. The SMILES string of the molecule is c1cc(CN2CCO[C@@H]3CN(C4CCOCC4)CC[C@@H]3C2)ccn1. The van der Waals surface area contributed by atoms with Gasteiger partial charge in [0.05, 0.1) is 12.7 Å². The summed E-state index contributed by atoms with van der Waals surface area (Å²) in [5.41, 5.74) is 1.35. The molecular weight excluding hydrogens is 302 g/mol. The molecule has 3 saturated heterocycles. The van der Waals surface area contributed by atoms with Crippen molar-refractivity contribution in [2.24, 2.45) is 5.92 Å². The van der Waals surface area contributed by atoms with Gasteiger partial charge in [-0.3, -0.25) is 14.8 Å². The number of likely N-dealkylation sites (tertiary alicyclic amines) is 1. The molecular formula is C19H29N3O2. The molecule has 0 bridgehead atoms. The van der Waals surface area contributed by atoms with Crippen LogP contribution in [0.15, 0.2) is 24.5 Å². The molecule has 1 aromatic rings. The van der Waals surface area contributed by atoms with Gasteiger partial charge < -0.3 is 9.47 Å². The Morgan fingerprint density at radius 1 is 1.00 bits per heavy atom. The van der Waals surface area contributed by atoms with Gasteiger partial charge in [-0.05, 0) is 43.5 Å². The van der Waals surface area contributed by atoms with E-state index in [-0.39, 0.29) is 0 Å². The van der Waals surface area contributed by atoms with Crippen LogP contribution < -0.4 is 0 Å². The van der Waals surface area contributed by atoms with E-state index in [9.17, 15) is 0 Å². The highest BCUT2D eigenvalue weighted by molar-refractivity contribution is 5.09. The molecule has 0 unspecified atom stereocenters. The van der Waals surface area contributed by atoms with Gasteiger partial charge >= 0.3 is 0 Å². The second kappa shape index (κ2) is 7.91. The Morgan fingerprint density at radius 2 is 1.83 bits per heavy atom. The van der Waals surface area contributed by atoms with E-state index in [0.717, 1.165) is 46.0 Å². The molecule has 5 nitrogen and oxygen atoms in total. The van der Waals surface area contributed by atoms with Crippen molar-refractivity contribution >= 4 is 0 Å². The van der Waals surface area contributed by atoms with Crippen LogP contribution in [0.1, 0.15) is 24.8 Å². The summed E-state index contributed by atoms with van der Waals surface area (Å²) in [5, 5.41) is 0. The molecule has 3 aliphatic rings. The molecule has 3 aliphatic heterocycles. The summed E-state index contributed by atoms with van der Waals surface area (Å²) in [6, 6.07) is 4.95. The minimum Gasteiger partial charge on any atom is -0.381 e. The topological polar surface area (TPSA) is 37.8 Å². The minimum absolute atomic E-state index is 0.407. The van der Waals surface area contributed by atoms with E-state index in [1.165, 1.54) is 31.4 Å². The molecule has 4 heterocycles. The lowest BCUT2D eigenvalue weighted by atomic mass is 9.91. The molecule has 0 saturated carbocycles. The van der Waals surface area contributed by atoms with Crippen molar-refractivity contribution in [3.63, 3.8) is 0 Å². The van der Waals surface area contributed by atoms with Crippen LogP contribution in [0.5, 0.6) is 0 Å². The number of pyridine rings is 1. The summed E-state index contributed by atoms with van der Waals surface area (Å²) < 4.78 is 11.8. The number of aromatic nitrogens is 1. The standard InChI is InChI=1S/C19H29N3O2/c1-6-20-7-2-16(1)13-21-9-12-24-19-15-22(8-3-17(19)14-21)18-4-10-23-11-5-18/h1-2,6-7,17-19H,3-5,8-15H2/t17-,19-/m1/s1. The molecule has 4 rings (SSSR count). The summed E-state index contributed by atoms with van der Waals surface area (Å²) in [4.78, 5) is 9.35. The lowest BCUT2D eigenvalue weighted by Crippen LogP contribution is -2.51. The lowest BCUT2D eigenvalue weighted by Gasteiger charge is -2.43. The van der Waals surface area contributed by atoms with Gasteiger partial charge in [0.2, 0.25) is 0 Å². The molecule has 0 amide bonds. The lowest BCUT2D eigenvalue weighted by molar-refractivity contribution is -0.0512. The van der Waals surface area contributed by atoms with Crippen molar-refractivity contribution in [2.75, 3.05) is 46.0 Å². The molecule has 5 heteroatoms. The Kier molecular flexibility index (Phi) is 5.43. The van der Waals surface area contributed by atoms with E-state index in [1.807, 2.05) is 12.4 Å². The van der Waals surface area contributed by atoms with Crippen LogP contribution in [0.3, 0.4) is 0 Å². The Balaban J connectivity index is 1.34. The van der Waals surface area contributed by atoms with E-state index >= 15 is 0 Å². The van der Waals surface area contributed by atoms with Crippen molar-refractivity contribution in [1.29, 1.82) is 0 Å². The van der Waals surface area contributed by atoms with Crippen molar-refractivity contribution < 1.29 is 9.47 Å². The number of hydrogen-bond donors (Lipinski definition) is 0. The maximum absolute atomic E-state index is 6.27. The van der Waals surface area contributed by atoms with Gasteiger partial charge in [0.15, 0.2) is 0 Å². The van der Waals surface area contributed by atoms with Crippen LogP contribution in [0.2, 0.25) is 0 Å². The molecule has 3 fully saturated rings. The van der Waals surface area contributed by atoms with Gasteiger partial charge in [-0.1, -0.05) is 0 Å². The highest BCUT2D eigenvalue weighted by Gasteiger charge is 2.35. The normalized spacial score (nSPS) is 30.7. The van der Waals surface area contributed by atoms with E-state index in [2.05, 4.69) is 26.9 Å². The molecule has 0 N–H and O–H groups in total. The third-order valence-corrected chi connectivity index (χ3v) is 5.82. The Labute approximate surface area is 144 Å². The van der Waals surface area contributed by atoms with Crippen molar-refractivity contribution in [3.05, 3.63) is 30.1 Å².